The van der Waals surface area contributed by atoms with Crippen molar-refractivity contribution in [2.75, 3.05) is 46.4 Å². The first-order valence-electron chi connectivity index (χ1n) is 8.53. The predicted molar refractivity (Wildman–Crippen MR) is 103 cm³/mol. The minimum atomic E-state index is -0.0254. The SMILES string of the molecule is CN=C(NCCN1CCCCCC1)NCC1(C)CCCO1.I. The fourth-order valence-electron chi connectivity index (χ4n) is 3.16. The summed E-state index contributed by atoms with van der Waals surface area (Å²) in [6.45, 7) is 8.46. The summed E-state index contributed by atoms with van der Waals surface area (Å²) in [5, 5.41) is 6.82. The third kappa shape index (κ3) is 7.00. The molecule has 2 heterocycles. The van der Waals surface area contributed by atoms with Crippen molar-refractivity contribution < 1.29 is 4.74 Å². The van der Waals surface area contributed by atoms with Crippen LogP contribution in [-0.4, -0.2) is 62.8 Å². The monoisotopic (exact) mass is 424 g/mol. The molecular weight excluding hydrogens is 391 g/mol. The molecule has 0 spiro atoms. The van der Waals surface area contributed by atoms with E-state index in [0.717, 1.165) is 38.6 Å². The van der Waals surface area contributed by atoms with Crippen LogP contribution < -0.4 is 10.6 Å². The van der Waals surface area contributed by atoms with Crippen molar-refractivity contribution in [3.8, 4) is 0 Å². The van der Waals surface area contributed by atoms with Gasteiger partial charge in [0.05, 0.1) is 5.60 Å². The number of nitrogens with one attached hydrogen (secondary N) is 2. The van der Waals surface area contributed by atoms with E-state index < -0.39 is 0 Å². The van der Waals surface area contributed by atoms with Gasteiger partial charge in [-0.05, 0) is 45.7 Å². The van der Waals surface area contributed by atoms with Crippen LogP contribution in [0, 0.1) is 0 Å². The van der Waals surface area contributed by atoms with Crippen LogP contribution in [0.2, 0.25) is 0 Å². The molecule has 2 rings (SSSR count). The Morgan fingerprint density at radius 3 is 2.45 bits per heavy atom. The Balaban J connectivity index is 0.00000242. The molecule has 130 valence electrons. The number of aliphatic imine (C=N–C) groups is 1. The van der Waals surface area contributed by atoms with Gasteiger partial charge in [-0.25, -0.2) is 0 Å². The number of nitrogens with zero attached hydrogens (tertiary/aromatic N) is 2. The average molecular weight is 424 g/mol. The van der Waals surface area contributed by atoms with Gasteiger partial charge in [-0.3, -0.25) is 4.99 Å². The van der Waals surface area contributed by atoms with Crippen molar-refractivity contribution >= 4 is 29.9 Å². The van der Waals surface area contributed by atoms with Crippen molar-refractivity contribution in [2.45, 2.75) is 51.0 Å². The molecule has 0 amide bonds. The van der Waals surface area contributed by atoms with Gasteiger partial charge in [0.15, 0.2) is 5.96 Å². The fraction of sp³-hybridized carbons (Fsp3) is 0.938. The number of guanidine groups is 1. The Morgan fingerprint density at radius 2 is 1.86 bits per heavy atom. The number of rotatable bonds is 5. The Morgan fingerprint density at radius 1 is 1.14 bits per heavy atom. The normalized spacial score (nSPS) is 27.1. The zero-order valence-corrected chi connectivity index (χ0v) is 16.5. The molecule has 1 unspecified atom stereocenters. The topological polar surface area (TPSA) is 48.9 Å². The van der Waals surface area contributed by atoms with E-state index in [1.807, 2.05) is 7.05 Å². The minimum Gasteiger partial charge on any atom is -0.373 e. The van der Waals surface area contributed by atoms with Crippen LogP contribution in [-0.2, 0) is 4.74 Å². The molecule has 0 saturated carbocycles. The maximum atomic E-state index is 5.80. The molecule has 0 radical (unpaired) electrons. The average Bonchev–Trinajstić information content (AvgIpc) is 2.75. The van der Waals surface area contributed by atoms with Crippen molar-refractivity contribution in [3.63, 3.8) is 0 Å². The molecule has 0 aromatic carbocycles. The number of hydrogen-bond donors (Lipinski definition) is 2. The molecular formula is C16H33IN4O. The van der Waals surface area contributed by atoms with Crippen LogP contribution >= 0.6 is 24.0 Å². The molecule has 0 aliphatic carbocycles. The molecule has 0 bridgehead atoms. The summed E-state index contributed by atoms with van der Waals surface area (Å²) < 4.78 is 5.80. The zero-order valence-electron chi connectivity index (χ0n) is 14.2. The highest BCUT2D eigenvalue weighted by Gasteiger charge is 2.29. The Labute approximate surface area is 152 Å². The molecule has 2 fully saturated rings. The highest BCUT2D eigenvalue weighted by Crippen LogP contribution is 2.23. The van der Waals surface area contributed by atoms with Gasteiger partial charge in [-0.15, -0.1) is 24.0 Å². The summed E-state index contributed by atoms with van der Waals surface area (Å²) in [4.78, 5) is 6.87. The van der Waals surface area contributed by atoms with E-state index in [1.165, 1.54) is 45.2 Å². The maximum Gasteiger partial charge on any atom is 0.191 e. The number of halogens is 1. The van der Waals surface area contributed by atoms with Crippen molar-refractivity contribution in [2.24, 2.45) is 4.99 Å². The molecule has 6 heteroatoms. The second-order valence-electron chi connectivity index (χ2n) is 6.51. The molecule has 2 N–H and O–H groups in total. The summed E-state index contributed by atoms with van der Waals surface area (Å²) in [6.07, 6.45) is 7.78. The van der Waals surface area contributed by atoms with Crippen LogP contribution in [0.4, 0.5) is 0 Å². The Kier molecular flexibility index (Phi) is 9.66. The summed E-state index contributed by atoms with van der Waals surface area (Å²) >= 11 is 0. The van der Waals surface area contributed by atoms with E-state index in [4.69, 9.17) is 4.74 Å². The molecule has 22 heavy (non-hydrogen) atoms. The lowest BCUT2D eigenvalue weighted by Gasteiger charge is -2.25. The summed E-state index contributed by atoms with van der Waals surface area (Å²) in [5.74, 6) is 0.890. The summed E-state index contributed by atoms with van der Waals surface area (Å²) in [6, 6.07) is 0. The third-order valence-corrected chi connectivity index (χ3v) is 4.57. The van der Waals surface area contributed by atoms with E-state index in [1.54, 1.807) is 0 Å². The molecule has 1 atom stereocenters. The number of likely N-dealkylation sites (tertiary alicyclic amines) is 1. The first-order valence-corrected chi connectivity index (χ1v) is 8.53. The van der Waals surface area contributed by atoms with Crippen LogP contribution in [0.5, 0.6) is 0 Å². The number of ether oxygens (including phenoxy) is 1. The second-order valence-corrected chi connectivity index (χ2v) is 6.51. The van der Waals surface area contributed by atoms with Crippen LogP contribution in [0.1, 0.15) is 45.4 Å². The van der Waals surface area contributed by atoms with Crippen LogP contribution in [0.15, 0.2) is 4.99 Å². The minimum absolute atomic E-state index is 0. The predicted octanol–water partition coefficient (Wildman–Crippen LogP) is 2.21. The van der Waals surface area contributed by atoms with Gasteiger partial charge in [0.1, 0.15) is 0 Å². The third-order valence-electron chi connectivity index (χ3n) is 4.57. The number of hydrogen-bond acceptors (Lipinski definition) is 3. The summed E-state index contributed by atoms with van der Waals surface area (Å²) in [5.41, 5.74) is -0.0254. The quantitative estimate of drug-likeness (QED) is 0.404. The van der Waals surface area contributed by atoms with Crippen molar-refractivity contribution in [3.05, 3.63) is 0 Å². The molecule has 2 saturated heterocycles. The molecule has 2 aliphatic heterocycles. The molecule has 0 aromatic heterocycles. The van der Waals surface area contributed by atoms with Gasteiger partial charge >= 0.3 is 0 Å². The van der Waals surface area contributed by atoms with Gasteiger partial charge in [0, 0.05) is 33.3 Å². The van der Waals surface area contributed by atoms with Crippen molar-refractivity contribution in [1.29, 1.82) is 0 Å². The lowest BCUT2D eigenvalue weighted by Crippen LogP contribution is -2.47. The van der Waals surface area contributed by atoms with Gasteiger partial charge in [-0.2, -0.15) is 0 Å². The standard InChI is InChI=1S/C16H32N4O.HI/c1-16(8-7-13-21-16)14-19-15(17-2)18-9-12-20-10-5-3-4-6-11-20;/h3-14H2,1-2H3,(H2,17,18,19);1H. The van der Waals surface area contributed by atoms with Gasteiger partial charge in [-0.1, -0.05) is 12.8 Å². The van der Waals surface area contributed by atoms with E-state index in [9.17, 15) is 0 Å². The van der Waals surface area contributed by atoms with Gasteiger partial charge in [0.25, 0.3) is 0 Å². The van der Waals surface area contributed by atoms with E-state index in [-0.39, 0.29) is 29.6 Å². The smallest absolute Gasteiger partial charge is 0.191 e. The largest absolute Gasteiger partial charge is 0.373 e. The fourth-order valence-corrected chi connectivity index (χ4v) is 3.16. The maximum absolute atomic E-state index is 5.80. The molecule has 0 aromatic rings. The van der Waals surface area contributed by atoms with Crippen LogP contribution in [0.25, 0.3) is 0 Å². The summed E-state index contributed by atoms with van der Waals surface area (Å²) in [7, 11) is 1.83. The van der Waals surface area contributed by atoms with Crippen molar-refractivity contribution in [1.82, 2.24) is 15.5 Å². The lowest BCUT2D eigenvalue weighted by molar-refractivity contribution is 0.0243. The Hall–Kier alpha value is -0.0800. The first-order chi connectivity index (χ1) is 10.2. The molecule has 2 aliphatic rings. The van der Waals surface area contributed by atoms with E-state index in [0.29, 0.717) is 0 Å². The highest BCUT2D eigenvalue weighted by atomic mass is 127. The van der Waals surface area contributed by atoms with E-state index in [2.05, 4.69) is 27.4 Å². The molecule has 5 nitrogen and oxygen atoms in total. The van der Waals surface area contributed by atoms with E-state index >= 15 is 0 Å². The zero-order chi connectivity index (χ0) is 15.0. The second kappa shape index (κ2) is 10.6. The van der Waals surface area contributed by atoms with Gasteiger partial charge < -0.3 is 20.3 Å². The Bertz CT molecular complexity index is 324. The van der Waals surface area contributed by atoms with Crippen LogP contribution in [0.3, 0.4) is 0 Å². The lowest BCUT2D eigenvalue weighted by atomic mass is 10.0. The highest BCUT2D eigenvalue weighted by molar-refractivity contribution is 14.0. The van der Waals surface area contributed by atoms with Gasteiger partial charge in [0.2, 0.25) is 0 Å². The first kappa shape index (κ1) is 20.0.